The second-order valence-corrected chi connectivity index (χ2v) is 5.70. The Morgan fingerprint density at radius 3 is 3.30 bits per heavy atom. The van der Waals surface area contributed by atoms with E-state index in [2.05, 4.69) is 22.1 Å². The SMILES string of the molecule is CCNC(c1cnccc1N)C1CN2CCCC2CO1. The first-order chi connectivity index (χ1) is 9.79. The van der Waals surface area contributed by atoms with Crippen LogP contribution in [0.15, 0.2) is 18.5 Å². The second kappa shape index (κ2) is 6.08. The minimum absolute atomic E-state index is 0.121. The van der Waals surface area contributed by atoms with Crippen LogP contribution in [0, 0.1) is 0 Å². The van der Waals surface area contributed by atoms with E-state index in [4.69, 9.17) is 10.5 Å². The zero-order chi connectivity index (χ0) is 13.9. The van der Waals surface area contributed by atoms with Gasteiger partial charge in [-0.1, -0.05) is 6.92 Å². The highest BCUT2D eigenvalue weighted by Gasteiger charge is 2.36. The lowest BCUT2D eigenvalue weighted by Crippen LogP contribution is -2.50. The first-order valence-corrected chi connectivity index (χ1v) is 7.58. The van der Waals surface area contributed by atoms with Gasteiger partial charge in [-0.25, -0.2) is 0 Å². The summed E-state index contributed by atoms with van der Waals surface area (Å²) in [7, 11) is 0. The lowest BCUT2D eigenvalue weighted by atomic mass is 9.99. The van der Waals surface area contributed by atoms with Crippen LogP contribution < -0.4 is 11.1 Å². The molecular formula is C15H24N4O. The van der Waals surface area contributed by atoms with Crippen LogP contribution in [0.2, 0.25) is 0 Å². The van der Waals surface area contributed by atoms with E-state index in [1.807, 2.05) is 12.3 Å². The summed E-state index contributed by atoms with van der Waals surface area (Å²) in [5.41, 5.74) is 7.96. The predicted molar refractivity (Wildman–Crippen MR) is 79.4 cm³/mol. The van der Waals surface area contributed by atoms with Crippen molar-refractivity contribution in [3.63, 3.8) is 0 Å². The van der Waals surface area contributed by atoms with Crippen LogP contribution in [0.1, 0.15) is 31.4 Å². The van der Waals surface area contributed by atoms with Gasteiger partial charge in [-0.15, -0.1) is 0 Å². The highest BCUT2D eigenvalue weighted by atomic mass is 16.5. The molecule has 3 unspecified atom stereocenters. The van der Waals surface area contributed by atoms with Gasteiger partial charge >= 0.3 is 0 Å². The molecule has 1 aromatic rings. The summed E-state index contributed by atoms with van der Waals surface area (Å²) >= 11 is 0. The van der Waals surface area contributed by atoms with Crippen molar-refractivity contribution in [2.45, 2.75) is 38.0 Å². The van der Waals surface area contributed by atoms with Gasteiger partial charge in [0.15, 0.2) is 0 Å². The van der Waals surface area contributed by atoms with Crippen molar-refractivity contribution in [3.05, 3.63) is 24.0 Å². The zero-order valence-corrected chi connectivity index (χ0v) is 12.1. The third-order valence-corrected chi connectivity index (χ3v) is 4.43. The molecule has 0 amide bonds. The molecule has 3 N–H and O–H groups in total. The number of aromatic nitrogens is 1. The number of rotatable bonds is 4. The maximum absolute atomic E-state index is 6.13. The molecule has 0 radical (unpaired) electrons. The van der Waals surface area contributed by atoms with Crippen LogP contribution in [0.4, 0.5) is 5.69 Å². The Hall–Kier alpha value is -1.17. The summed E-state index contributed by atoms with van der Waals surface area (Å²) in [5, 5.41) is 3.52. The molecule has 2 aliphatic heterocycles. The summed E-state index contributed by atoms with van der Waals surface area (Å²) < 4.78 is 6.13. The molecule has 110 valence electrons. The fraction of sp³-hybridized carbons (Fsp3) is 0.667. The van der Waals surface area contributed by atoms with Crippen molar-refractivity contribution < 1.29 is 4.74 Å². The van der Waals surface area contributed by atoms with Crippen molar-refractivity contribution in [2.75, 3.05) is 32.0 Å². The van der Waals surface area contributed by atoms with E-state index in [9.17, 15) is 0 Å². The maximum Gasteiger partial charge on any atom is 0.0898 e. The molecule has 0 spiro atoms. The normalized spacial score (nSPS) is 28.2. The first-order valence-electron chi connectivity index (χ1n) is 7.58. The third kappa shape index (κ3) is 2.66. The fourth-order valence-electron chi connectivity index (χ4n) is 3.38. The van der Waals surface area contributed by atoms with E-state index < -0.39 is 0 Å². The predicted octanol–water partition coefficient (Wildman–Crippen LogP) is 1.18. The van der Waals surface area contributed by atoms with Gasteiger partial charge in [0.25, 0.3) is 0 Å². The quantitative estimate of drug-likeness (QED) is 0.864. The van der Waals surface area contributed by atoms with Crippen molar-refractivity contribution >= 4 is 5.69 Å². The molecule has 5 nitrogen and oxygen atoms in total. The van der Waals surface area contributed by atoms with E-state index in [-0.39, 0.29) is 12.1 Å². The van der Waals surface area contributed by atoms with Crippen molar-refractivity contribution in [1.82, 2.24) is 15.2 Å². The van der Waals surface area contributed by atoms with E-state index in [1.54, 1.807) is 6.20 Å². The number of nitrogens with one attached hydrogen (secondary N) is 1. The molecule has 3 atom stereocenters. The van der Waals surface area contributed by atoms with Gasteiger partial charge in [0.1, 0.15) is 0 Å². The van der Waals surface area contributed by atoms with Crippen LogP contribution in [0.25, 0.3) is 0 Å². The molecule has 20 heavy (non-hydrogen) atoms. The summed E-state index contributed by atoms with van der Waals surface area (Å²) in [6.07, 6.45) is 6.31. The molecule has 0 bridgehead atoms. The largest absolute Gasteiger partial charge is 0.398 e. The first kappa shape index (κ1) is 13.8. The van der Waals surface area contributed by atoms with E-state index in [0.29, 0.717) is 6.04 Å². The average molecular weight is 276 g/mol. The summed E-state index contributed by atoms with van der Waals surface area (Å²) in [6, 6.07) is 2.61. The maximum atomic E-state index is 6.13. The van der Waals surface area contributed by atoms with Gasteiger partial charge in [-0.2, -0.15) is 0 Å². The van der Waals surface area contributed by atoms with Crippen LogP contribution in [-0.4, -0.2) is 48.3 Å². The molecule has 3 rings (SSSR count). The second-order valence-electron chi connectivity index (χ2n) is 5.70. The van der Waals surface area contributed by atoms with Crippen molar-refractivity contribution in [3.8, 4) is 0 Å². The van der Waals surface area contributed by atoms with Gasteiger partial charge in [0.05, 0.1) is 18.8 Å². The highest BCUT2D eigenvalue weighted by molar-refractivity contribution is 5.46. The molecule has 0 aliphatic carbocycles. The monoisotopic (exact) mass is 276 g/mol. The lowest BCUT2D eigenvalue weighted by molar-refractivity contribution is -0.0650. The standard InChI is InChI=1S/C15H24N4O/c1-2-18-15(12-8-17-6-5-13(12)16)14-9-19-7-3-4-11(19)10-20-14/h5-6,8,11,14-15,18H,2-4,7,9-10H2,1H3,(H2,16,17). The fourth-order valence-corrected chi connectivity index (χ4v) is 3.38. The molecule has 3 heterocycles. The number of morpholine rings is 1. The number of ether oxygens (including phenoxy) is 1. The molecule has 2 aliphatic rings. The molecule has 1 aromatic heterocycles. The zero-order valence-electron chi connectivity index (χ0n) is 12.1. The summed E-state index contributed by atoms with van der Waals surface area (Å²) in [5.74, 6) is 0. The molecule has 2 fully saturated rings. The summed E-state index contributed by atoms with van der Waals surface area (Å²) in [4.78, 5) is 6.78. The third-order valence-electron chi connectivity index (χ3n) is 4.43. The molecule has 5 heteroatoms. The van der Waals surface area contributed by atoms with Crippen LogP contribution in [0.3, 0.4) is 0 Å². The Kier molecular flexibility index (Phi) is 4.19. The van der Waals surface area contributed by atoms with Crippen LogP contribution in [0.5, 0.6) is 0 Å². The van der Waals surface area contributed by atoms with Gasteiger partial charge < -0.3 is 15.8 Å². The number of nitrogen functional groups attached to an aromatic ring is 1. The van der Waals surface area contributed by atoms with E-state index in [0.717, 1.165) is 30.9 Å². The van der Waals surface area contributed by atoms with Gasteiger partial charge in [0.2, 0.25) is 0 Å². The summed E-state index contributed by atoms with van der Waals surface area (Å²) in [6.45, 7) is 6.03. The number of nitrogens with two attached hydrogens (primary N) is 1. The topological polar surface area (TPSA) is 63.4 Å². The molecule has 2 saturated heterocycles. The number of hydrogen-bond donors (Lipinski definition) is 2. The number of nitrogens with zero attached hydrogens (tertiary/aromatic N) is 2. The van der Waals surface area contributed by atoms with Crippen LogP contribution >= 0.6 is 0 Å². The smallest absolute Gasteiger partial charge is 0.0898 e. The van der Waals surface area contributed by atoms with Crippen molar-refractivity contribution in [1.29, 1.82) is 0 Å². The van der Waals surface area contributed by atoms with Crippen molar-refractivity contribution in [2.24, 2.45) is 0 Å². The number of hydrogen-bond acceptors (Lipinski definition) is 5. The molecule has 0 saturated carbocycles. The Morgan fingerprint density at radius 1 is 1.60 bits per heavy atom. The number of pyridine rings is 1. The average Bonchev–Trinajstić information content (AvgIpc) is 2.93. The Balaban J connectivity index is 1.78. The number of likely N-dealkylation sites (N-methyl/N-ethyl adjacent to an activating group) is 1. The highest BCUT2D eigenvalue weighted by Crippen LogP contribution is 2.30. The van der Waals surface area contributed by atoms with Gasteiger partial charge in [-0.3, -0.25) is 9.88 Å². The number of fused-ring (bicyclic) bond motifs is 1. The van der Waals surface area contributed by atoms with Gasteiger partial charge in [-0.05, 0) is 32.0 Å². The minimum Gasteiger partial charge on any atom is -0.398 e. The number of anilines is 1. The Labute approximate surface area is 120 Å². The van der Waals surface area contributed by atoms with Gasteiger partial charge in [0, 0.05) is 36.2 Å². The van der Waals surface area contributed by atoms with E-state index in [1.165, 1.54) is 19.4 Å². The minimum atomic E-state index is 0.121. The molecule has 0 aromatic carbocycles. The van der Waals surface area contributed by atoms with Crippen LogP contribution in [-0.2, 0) is 4.74 Å². The van der Waals surface area contributed by atoms with E-state index >= 15 is 0 Å². The molecular weight excluding hydrogens is 252 g/mol. The lowest BCUT2D eigenvalue weighted by Gasteiger charge is -2.39. The Morgan fingerprint density at radius 2 is 2.50 bits per heavy atom. The Bertz CT molecular complexity index is 453.